The topological polar surface area (TPSA) is 41.6 Å². The molecule has 6 heteroatoms. The molecule has 2 heterocycles. The molecule has 0 bridgehead atoms. The second-order valence-corrected chi connectivity index (χ2v) is 7.27. The van der Waals surface area contributed by atoms with E-state index in [1.54, 1.807) is 6.07 Å². The molecule has 1 amide bonds. The summed E-state index contributed by atoms with van der Waals surface area (Å²) in [5, 5.41) is 3.36. The Kier molecular flexibility index (Phi) is 8.82. The van der Waals surface area contributed by atoms with Gasteiger partial charge in [-0.25, -0.2) is 4.39 Å². The first kappa shape index (κ1) is 21.1. The highest BCUT2D eigenvalue weighted by molar-refractivity contribution is 5.85. The summed E-state index contributed by atoms with van der Waals surface area (Å²) in [4.78, 5) is 14.7. The summed E-state index contributed by atoms with van der Waals surface area (Å²) in [5.74, 6) is 0.555. The van der Waals surface area contributed by atoms with Crippen molar-refractivity contribution in [2.75, 3.05) is 26.2 Å². The molecule has 0 spiro atoms. The Labute approximate surface area is 161 Å². The maximum Gasteiger partial charge on any atom is 0.222 e. The summed E-state index contributed by atoms with van der Waals surface area (Å²) in [7, 11) is 0. The van der Waals surface area contributed by atoms with Gasteiger partial charge in [-0.3, -0.25) is 4.79 Å². The maximum atomic E-state index is 13.5. The number of benzene rings is 1. The number of nitrogens with one attached hydrogen (secondary N) is 1. The Hall–Kier alpha value is -1.17. The van der Waals surface area contributed by atoms with E-state index in [1.807, 2.05) is 11.0 Å². The zero-order valence-corrected chi connectivity index (χ0v) is 16.1. The Morgan fingerprint density at radius 2 is 2.08 bits per heavy atom. The van der Waals surface area contributed by atoms with E-state index < -0.39 is 0 Å². The minimum atomic E-state index is -0.253. The molecule has 1 unspecified atom stereocenters. The third kappa shape index (κ3) is 6.53. The molecule has 0 radical (unpaired) electrons. The smallest absolute Gasteiger partial charge is 0.222 e. The highest BCUT2D eigenvalue weighted by Gasteiger charge is 2.24. The van der Waals surface area contributed by atoms with E-state index in [2.05, 4.69) is 5.32 Å². The fourth-order valence-electron chi connectivity index (χ4n) is 3.80. The number of hydrogen-bond donors (Lipinski definition) is 1. The second-order valence-electron chi connectivity index (χ2n) is 7.27. The van der Waals surface area contributed by atoms with Gasteiger partial charge in [0.2, 0.25) is 5.91 Å². The normalized spacial score (nSPS) is 20.6. The van der Waals surface area contributed by atoms with Crippen molar-refractivity contribution >= 4 is 18.3 Å². The fraction of sp³-hybridized carbons (Fsp3) is 0.650. The lowest BCUT2D eigenvalue weighted by molar-refractivity contribution is -0.133. The van der Waals surface area contributed by atoms with Crippen molar-refractivity contribution in [3.63, 3.8) is 0 Å². The van der Waals surface area contributed by atoms with Crippen LogP contribution in [0, 0.1) is 11.7 Å². The highest BCUT2D eigenvalue weighted by Crippen LogP contribution is 2.21. The summed E-state index contributed by atoms with van der Waals surface area (Å²) in [6.07, 6.45) is 6.02. The van der Waals surface area contributed by atoms with Gasteiger partial charge in [0.05, 0.1) is 6.10 Å². The van der Waals surface area contributed by atoms with Crippen molar-refractivity contribution < 1.29 is 13.9 Å². The molecule has 1 atom stereocenters. The van der Waals surface area contributed by atoms with Crippen LogP contribution >= 0.6 is 12.4 Å². The first-order chi connectivity index (χ1) is 12.2. The summed E-state index contributed by atoms with van der Waals surface area (Å²) in [5.41, 5.74) is 0.841. The van der Waals surface area contributed by atoms with E-state index in [0.717, 1.165) is 57.4 Å². The van der Waals surface area contributed by atoms with Gasteiger partial charge in [0, 0.05) is 26.1 Å². The molecule has 26 heavy (non-hydrogen) atoms. The molecule has 1 aromatic carbocycles. The quantitative estimate of drug-likeness (QED) is 0.781. The number of ether oxygens (including phenoxy) is 1. The van der Waals surface area contributed by atoms with Crippen LogP contribution in [0.25, 0.3) is 0 Å². The molecule has 1 aromatic rings. The number of amides is 1. The number of piperidine rings is 1. The SMILES string of the molecule is Cl.O=C(CCC1CCNCC1)N(Cc1cccc(F)c1)CC1CCCO1. The van der Waals surface area contributed by atoms with E-state index >= 15 is 0 Å². The zero-order chi connectivity index (χ0) is 17.5. The van der Waals surface area contributed by atoms with Gasteiger partial charge in [-0.2, -0.15) is 0 Å². The lowest BCUT2D eigenvalue weighted by Crippen LogP contribution is -2.37. The van der Waals surface area contributed by atoms with Crippen LogP contribution in [0.15, 0.2) is 24.3 Å². The Balaban J connectivity index is 0.00000243. The van der Waals surface area contributed by atoms with Gasteiger partial charge in [-0.05, 0) is 68.8 Å². The number of hydrogen-bond acceptors (Lipinski definition) is 3. The van der Waals surface area contributed by atoms with Crippen LogP contribution in [0.3, 0.4) is 0 Å². The number of carbonyl (C=O) groups excluding carboxylic acids is 1. The van der Waals surface area contributed by atoms with Gasteiger partial charge in [-0.15, -0.1) is 12.4 Å². The third-order valence-electron chi connectivity index (χ3n) is 5.29. The van der Waals surface area contributed by atoms with Crippen LogP contribution in [-0.4, -0.2) is 43.2 Å². The molecule has 2 fully saturated rings. The molecular formula is C20H30ClFN2O2. The Bertz CT molecular complexity index is 560. The monoisotopic (exact) mass is 384 g/mol. The van der Waals surface area contributed by atoms with Crippen molar-refractivity contribution in [1.82, 2.24) is 10.2 Å². The summed E-state index contributed by atoms with van der Waals surface area (Å²) < 4.78 is 19.2. The molecule has 2 aliphatic rings. The average molecular weight is 385 g/mol. The van der Waals surface area contributed by atoms with Crippen LogP contribution < -0.4 is 5.32 Å². The average Bonchev–Trinajstić information content (AvgIpc) is 3.13. The predicted octanol–water partition coefficient (Wildman–Crippen LogP) is 3.53. The van der Waals surface area contributed by atoms with E-state index in [1.165, 1.54) is 12.1 Å². The van der Waals surface area contributed by atoms with Crippen LogP contribution in [-0.2, 0) is 16.1 Å². The van der Waals surface area contributed by atoms with E-state index in [4.69, 9.17) is 4.74 Å². The Morgan fingerprint density at radius 3 is 2.77 bits per heavy atom. The van der Waals surface area contributed by atoms with Crippen molar-refractivity contribution in [3.8, 4) is 0 Å². The first-order valence-electron chi connectivity index (χ1n) is 9.55. The summed E-state index contributed by atoms with van der Waals surface area (Å²) >= 11 is 0. The van der Waals surface area contributed by atoms with Gasteiger partial charge in [0.25, 0.3) is 0 Å². The molecule has 0 aliphatic carbocycles. The molecule has 0 saturated carbocycles. The van der Waals surface area contributed by atoms with Gasteiger partial charge in [0.15, 0.2) is 0 Å². The Morgan fingerprint density at radius 1 is 1.27 bits per heavy atom. The number of nitrogens with zero attached hydrogens (tertiary/aromatic N) is 1. The summed E-state index contributed by atoms with van der Waals surface area (Å²) in [6.45, 7) is 3.97. The minimum absolute atomic E-state index is 0. The van der Waals surface area contributed by atoms with Crippen LogP contribution in [0.2, 0.25) is 0 Å². The molecule has 2 aliphatic heterocycles. The second kappa shape index (κ2) is 10.9. The lowest BCUT2D eigenvalue weighted by atomic mass is 9.93. The largest absolute Gasteiger partial charge is 0.376 e. The summed E-state index contributed by atoms with van der Waals surface area (Å²) in [6, 6.07) is 6.54. The van der Waals surface area contributed by atoms with Crippen molar-refractivity contribution in [1.29, 1.82) is 0 Å². The standard InChI is InChI=1S/C20H29FN2O2.ClH/c21-18-4-1-3-17(13-18)14-23(15-19-5-2-12-25-19)20(24)7-6-16-8-10-22-11-9-16;/h1,3-4,13,16,19,22H,2,5-12,14-15H2;1H. The van der Waals surface area contributed by atoms with Crippen LogP contribution in [0.1, 0.15) is 44.1 Å². The minimum Gasteiger partial charge on any atom is -0.376 e. The molecule has 4 nitrogen and oxygen atoms in total. The molecule has 2 saturated heterocycles. The maximum absolute atomic E-state index is 13.5. The van der Waals surface area contributed by atoms with Crippen LogP contribution in [0.5, 0.6) is 0 Å². The van der Waals surface area contributed by atoms with Crippen molar-refractivity contribution in [2.24, 2.45) is 5.92 Å². The fourth-order valence-corrected chi connectivity index (χ4v) is 3.80. The number of carbonyl (C=O) groups is 1. The lowest BCUT2D eigenvalue weighted by Gasteiger charge is -2.27. The zero-order valence-electron chi connectivity index (χ0n) is 15.3. The molecule has 1 N–H and O–H groups in total. The first-order valence-corrected chi connectivity index (χ1v) is 9.55. The van der Waals surface area contributed by atoms with Crippen LogP contribution in [0.4, 0.5) is 4.39 Å². The molecular weight excluding hydrogens is 355 g/mol. The van der Waals surface area contributed by atoms with E-state index in [0.29, 0.717) is 25.4 Å². The van der Waals surface area contributed by atoms with Gasteiger partial charge in [-0.1, -0.05) is 12.1 Å². The number of halogens is 2. The van der Waals surface area contributed by atoms with Gasteiger partial charge >= 0.3 is 0 Å². The number of rotatable bonds is 7. The highest BCUT2D eigenvalue weighted by atomic mass is 35.5. The molecule has 0 aromatic heterocycles. The van der Waals surface area contributed by atoms with Gasteiger partial charge in [0.1, 0.15) is 5.82 Å². The van der Waals surface area contributed by atoms with E-state index in [9.17, 15) is 9.18 Å². The molecule has 146 valence electrons. The predicted molar refractivity (Wildman–Crippen MR) is 103 cm³/mol. The van der Waals surface area contributed by atoms with Crippen molar-refractivity contribution in [3.05, 3.63) is 35.6 Å². The molecule has 3 rings (SSSR count). The third-order valence-corrected chi connectivity index (χ3v) is 5.29. The van der Waals surface area contributed by atoms with Gasteiger partial charge < -0.3 is 15.0 Å². The van der Waals surface area contributed by atoms with E-state index in [-0.39, 0.29) is 30.2 Å². The van der Waals surface area contributed by atoms with Crippen molar-refractivity contribution in [2.45, 2.75) is 51.2 Å².